The molecule has 1 heterocycles. The molecule has 0 radical (unpaired) electrons. The van der Waals surface area contributed by atoms with Crippen LogP contribution in [0, 0.1) is 0 Å². The van der Waals surface area contributed by atoms with Crippen molar-refractivity contribution in [3.05, 3.63) is 69.1 Å². The Kier molecular flexibility index (Phi) is 6.85. The maximum absolute atomic E-state index is 13.0. The molecule has 150 valence electrons. The van der Waals surface area contributed by atoms with Crippen molar-refractivity contribution >= 4 is 23.4 Å². The first kappa shape index (κ1) is 21.5. The predicted octanol–water partition coefficient (Wildman–Crippen LogP) is 2.42. The lowest BCUT2D eigenvalue weighted by atomic mass is 10.2. The summed E-state index contributed by atoms with van der Waals surface area (Å²) in [4.78, 5) is 37.0. The van der Waals surface area contributed by atoms with Crippen LogP contribution >= 0.6 is 11.6 Å². The van der Waals surface area contributed by atoms with E-state index in [2.05, 4.69) is 0 Å². The molecule has 2 aromatic rings. The smallest absolute Gasteiger partial charge is 0.370 e. The van der Waals surface area contributed by atoms with E-state index in [-0.39, 0.29) is 19.5 Å². The summed E-state index contributed by atoms with van der Waals surface area (Å²) in [5.74, 6) is -1.28. The third-order valence-corrected chi connectivity index (χ3v) is 4.14. The van der Waals surface area contributed by atoms with E-state index in [4.69, 9.17) is 17.3 Å². The maximum Gasteiger partial charge on any atom is 0.417 e. The number of hydrogen-bond donors (Lipinski definition) is 1. The number of carbonyl (C=O) groups is 2. The Morgan fingerprint density at radius 3 is 2.39 bits per heavy atom. The summed E-state index contributed by atoms with van der Waals surface area (Å²) < 4.78 is 39.5. The number of halogens is 4. The van der Waals surface area contributed by atoms with Crippen LogP contribution in [-0.4, -0.2) is 27.8 Å². The van der Waals surface area contributed by atoms with E-state index in [1.54, 1.807) is 30.3 Å². The van der Waals surface area contributed by atoms with E-state index in [9.17, 15) is 27.6 Å². The number of rotatable bonds is 7. The molecule has 1 aromatic carbocycles. The fraction of sp³-hybridized carbons (Fsp3) is 0.278. The number of nitrogens with zero attached hydrogens (tertiary/aromatic N) is 2. The molecule has 1 aromatic heterocycles. The second-order valence-corrected chi connectivity index (χ2v) is 6.43. The molecule has 0 fully saturated rings. The Morgan fingerprint density at radius 1 is 1.18 bits per heavy atom. The Morgan fingerprint density at radius 2 is 1.82 bits per heavy atom. The zero-order chi connectivity index (χ0) is 20.9. The molecule has 0 spiro atoms. The van der Waals surface area contributed by atoms with Gasteiger partial charge < -0.3 is 15.2 Å². The van der Waals surface area contributed by atoms with Gasteiger partial charge in [-0.1, -0.05) is 41.9 Å². The highest BCUT2D eigenvalue weighted by Crippen LogP contribution is 2.29. The van der Waals surface area contributed by atoms with Crippen LogP contribution in [-0.2, 0) is 28.9 Å². The molecular weight excluding hydrogens is 399 g/mol. The van der Waals surface area contributed by atoms with Crippen molar-refractivity contribution in [2.75, 3.05) is 6.54 Å². The molecule has 6 nitrogen and oxygen atoms in total. The van der Waals surface area contributed by atoms with Crippen molar-refractivity contribution in [2.45, 2.75) is 25.7 Å². The third kappa shape index (κ3) is 5.85. The van der Waals surface area contributed by atoms with E-state index in [0.717, 1.165) is 5.56 Å². The Balaban J connectivity index is 2.28. The normalized spacial score (nSPS) is 11.3. The molecule has 0 aliphatic heterocycles. The van der Waals surface area contributed by atoms with Crippen LogP contribution in [0.2, 0.25) is 5.02 Å². The third-order valence-electron chi connectivity index (χ3n) is 3.87. The monoisotopic (exact) mass is 415 g/mol. The molecule has 0 atom stereocenters. The molecule has 28 heavy (non-hydrogen) atoms. The maximum atomic E-state index is 13.0. The van der Waals surface area contributed by atoms with Gasteiger partial charge in [0.05, 0.1) is 5.56 Å². The lowest BCUT2D eigenvalue weighted by Crippen LogP contribution is -2.38. The fourth-order valence-corrected chi connectivity index (χ4v) is 2.68. The molecule has 2 rings (SSSR count). The van der Waals surface area contributed by atoms with Crippen LogP contribution in [0.5, 0.6) is 0 Å². The Bertz CT molecular complexity index is 914. The number of alkyl halides is 3. The number of primary amides is 1. The van der Waals surface area contributed by atoms with Gasteiger partial charge in [-0.15, -0.1) is 0 Å². The quantitative estimate of drug-likeness (QED) is 0.753. The first-order chi connectivity index (χ1) is 13.1. The molecule has 2 amide bonds. The van der Waals surface area contributed by atoms with E-state index >= 15 is 0 Å². The molecule has 0 aliphatic carbocycles. The largest absolute Gasteiger partial charge is 0.417 e. The van der Waals surface area contributed by atoms with Crippen molar-refractivity contribution in [2.24, 2.45) is 5.73 Å². The topological polar surface area (TPSA) is 85.4 Å². The molecule has 2 N–H and O–H groups in total. The van der Waals surface area contributed by atoms with Crippen LogP contribution in [0.4, 0.5) is 13.2 Å². The average molecular weight is 416 g/mol. The minimum atomic E-state index is -4.72. The number of benzene rings is 1. The van der Waals surface area contributed by atoms with E-state index in [1.807, 2.05) is 0 Å². The van der Waals surface area contributed by atoms with Gasteiger partial charge in [0.15, 0.2) is 0 Å². The van der Waals surface area contributed by atoms with Crippen molar-refractivity contribution in [3.8, 4) is 0 Å². The van der Waals surface area contributed by atoms with E-state index in [1.165, 1.54) is 4.90 Å². The summed E-state index contributed by atoms with van der Waals surface area (Å²) in [7, 11) is 0. The minimum absolute atomic E-state index is 0.0372. The van der Waals surface area contributed by atoms with Crippen molar-refractivity contribution in [1.29, 1.82) is 0 Å². The summed E-state index contributed by atoms with van der Waals surface area (Å²) in [6.07, 6.45) is -4.31. The number of nitrogens with two attached hydrogens (primary N) is 1. The lowest BCUT2D eigenvalue weighted by molar-refractivity contribution is -0.139. The second kappa shape index (κ2) is 8.92. The zero-order valence-electron chi connectivity index (χ0n) is 14.6. The van der Waals surface area contributed by atoms with Gasteiger partial charge in [0.25, 0.3) is 5.56 Å². The summed E-state index contributed by atoms with van der Waals surface area (Å²) in [5, 5.41) is -0.644. The number of pyridine rings is 1. The Hall–Kier alpha value is -2.81. The van der Waals surface area contributed by atoms with Gasteiger partial charge in [-0.05, 0) is 11.6 Å². The van der Waals surface area contributed by atoms with Crippen LogP contribution in [0.3, 0.4) is 0 Å². The average Bonchev–Trinajstić information content (AvgIpc) is 2.62. The molecule has 0 saturated carbocycles. The van der Waals surface area contributed by atoms with Crippen molar-refractivity contribution in [1.82, 2.24) is 9.47 Å². The molecular formula is C18H17ClF3N3O3. The Labute approximate surface area is 163 Å². The molecule has 0 bridgehead atoms. The van der Waals surface area contributed by atoms with Gasteiger partial charge in [-0.25, -0.2) is 0 Å². The van der Waals surface area contributed by atoms with Gasteiger partial charge in [-0.2, -0.15) is 13.2 Å². The molecule has 0 saturated heterocycles. The van der Waals surface area contributed by atoms with Gasteiger partial charge in [0, 0.05) is 25.7 Å². The van der Waals surface area contributed by atoms with Gasteiger partial charge in [0.2, 0.25) is 11.8 Å². The van der Waals surface area contributed by atoms with E-state index < -0.39 is 40.7 Å². The van der Waals surface area contributed by atoms with Crippen molar-refractivity contribution < 1.29 is 22.8 Å². The number of aromatic nitrogens is 1. The first-order valence-electron chi connectivity index (χ1n) is 8.15. The van der Waals surface area contributed by atoms with Gasteiger partial charge >= 0.3 is 6.18 Å². The molecule has 0 aliphatic rings. The minimum Gasteiger partial charge on any atom is -0.370 e. The lowest BCUT2D eigenvalue weighted by Gasteiger charge is -2.23. The van der Waals surface area contributed by atoms with Crippen LogP contribution in [0.25, 0.3) is 0 Å². The SMILES string of the molecule is NC(=O)CCN(Cc1ccccc1)C(=O)Cn1cc(C(F)(F)F)cc(Cl)c1=O. The highest BCUT2D eigenvalue weighted by molar-refractivity contribution is 6.30. The molecule has 10 heteroatoms. The second-order valence-electron chi connectivity index (χ2n) is 6.02. The highest BCUT2D eigenvalue weighted by atomic mass is 35.5. The van der Waals surface area contributed by atoms with Crippen LogP contribution in [0.15, 0.2) is 47.4 Å². The zero-order valence-corrected chi connectivity index (χ0v) is 15.3. The fourth-order valence-electron chi connectivity index (χ4n) is 2.46. The van der Waals surface area contributed by atoms with Crippen LogP contribution in [0.1, 0.15) is 17.5 Å². The molecule has 0 unspecified atom stereocenters. The number of carbonyl (C=O) groups excluding carboxylic acids is 2. The van der Waals surface area contributed by atoms with Gasteiger partial charge in [0.1, 0.15) is 11.6 Å². The predicted molar refractivity (Wildman–Crippen MR) is 96.4 cm³/mol. The number of hydrogen-bond acceptors (Lipinski definition) is 3. The van der Waals surface area contributed by atoms with E-state index in [0.29, 0.717) is 16.8 Å². The summed E-state index contributed by atoms with van der Waals surface area (Å²) in [6.45, 7) is -0.590. The summed E-state index contributed by atoms with van der Waals surface area (Å²) >= 11 is 5.60. The van der Waals surface area contributed by atoms with Crippen molar-refractivity contribution in [3.63, 3.8) is 0 Å². The summed E-state index contributed by atoms with van der Waals surface area (Å²) in [5.41, 5.74) is 3.81. The van der Waals surface area contributed by atoms with Crippen LogP contribution < -0.4 is 11.3 Å². The number of amides is 2. The summed E-state index contributed by atoms with van der Waals surface area (Å²) in [6, 6.07) is 9.30. The standard InChI is InChI=1S/C18H17ClF3N3O3/c19-14-8-13(18(20,21)22)10-25(17(14)28)11-16(27)24(7-6-15(23)26)9-12-4-2-1-3-5-12/h1-5,8,10H,6-7,9,11H2,(H2,23,26). The first-order valence-corrected chi connectivity index (χ1v) is 8.53. The van der Waals surface area contributed by atoms with Gasteiger partial charge in [-0.3, -0.25) is 14.4 Å². The highest BCUT2D eigenvalue weighted by Gasteiger charge is 2.32.